The number of benzene rings is 1. The largest absolute Gasteiger partial charge is 0.497 e. The quantitative estimate of drug-likeness (QED) is 0.588. The molecule has 1 aromatic carbocycles. The number of aliphatic imine (C=N–C) groups is 1. The second-order valence-electron chi connectivity index (χ2n) is 6.90. The average molecular weight is 382 g/mol. The molecule has 0 bridgehead atoms. The van der Waals surface area contributed by atoms with Crippen molar-refractivity contribution < 1.29 is 24.8 Å². The van der Waals surface area contributed by atoms with E-state index in [9.17, 15) is 15.3 Å². The number of aliphatic hydroxyl groups excluding tert-OH is 2. The summed E-state index contributed by atoms with van der Waals surface area (Å²) in [5.74, 6) is 0.777. The summed E-state index contributed by atoms with van der Waals surface area (Å²) in [6, 6.07) is 7.09. The van der Waals surface area contributed by atoms with Crippen LogP contribution in [0.4, 0.5) is 0 Å². The number of amidine groups is 1. The molecule has 1 saturated heterocycles. The second kappa shape index (κ2) is 7.74. The highest BCUT2D eigenvalue weighted by Crippen LogP contribution is 2.39. The molecule has 1 unspecified atom stereocenters. The predicted molar refractivity (Wildman–Crippen MR) is 100 cm³/mol. The summed E-state index contributed by atoms with van der Waals surface area (Å²) in [6.45, 7) is 1.64. The number of rotatable bonds is 5. The number of methoxy groups -OCH3 is 1. The van der Waals surface area contributed by atoms with E-state index in [0.717, 1.165) is 11.3 Å². The number of ether oxygens (including phenoxy) is 2. The lowest BCUT2D eigenvalue weighted by Gasteiger charge is -2.44. The zero-order valence-corrected chi connectivity index (χ0v) is 15.9. The normalized spacial score (nSPS) is 33.2. The van der Waals surface area contributed by atoms with Gasteiger partial charge in [0.05, 0.1) is 12.7 Å². The fourth-order valence-electron chi connectivity index (χ4n) is 3.33. The van der Waals surface area contributed by atoms with Crippen LogP contribution in [-0.4, -0.2) is 70.0 Å². The molecule has 2 heterocycles. The molecule has 1 aromatic rings. The molecule has 1 fully saturated rings. The van der Waals surface area contributed by atoms with Gasteiger partial charge in [-0.25, -0.2) is 0 Å². The van der Waals surface area contributed by atoms with Gasteiger partial charge in [-0.05, 0) is 37.5 Å². The minimum absolute atomic E-state index is 0.384. The number of thioether (sulfide) groups is 1. The first-order valence-corrected chi connectivity index (χ1v) is 9.53. The smallest absolute Gasteiger partial charge is 0.159 e. The van der Waals surface area contributed by atoms with E-state index in [0.29, 0.717) is 18.0 Å². The fraction of sp³-hybridized carbons (Fsp3) is 0.611. The highest BCUT2D eigenvalue weighted by Gasteiger charge is 2.53. The van der Waals surface area contributed by atoms with Gasteiger partial charge in [0, 0.05) is 7.05 Å². The lowest BCUT2D eigenvalue weighted by atomic mass is 9.83. The Kier molecular flexibility index (Phi) is 5.78. The molecule has 0 saturated carbocycles. The number of aryl methyl sites for hydroxylation is 1. The number of nitrogens with one attached hydrogen (secondary N) is 1. The van der Waals surface area contributed by atoms with E-state index in [-0.39, 0.29) is 0 Å². The molecule has 7 nitrogen and oxygen atoms in total. The second-order valence-corrected chi connectivity index (χ2v) is 7.99. The summed E-state index contributed by atoms with van der Waals surface area (Å²) >= 11 is 1.36. The number of aliphatic hydroxyl groups is 3. The Labute approximate surface area is 157 Å². The predicted octanol–water partition coefficient (Wildman–Crippen LogP) is 0.516. The van der Waals surface area contributed by atoms with Crippen molar-refractivity contribution in [2.24, 2.45) is 4.99 Å². The zero-order valence-electron chi connectivity index (χ0n) is 15.1. The molecule has 2 aliphatic heterocycles. The van der Waals surface area contributed by atoms with E-state index < -0.39 is 35.4 Å². The van der Waals surface area contributed by atoms with Crippen LogP contribution in [0.1, 0.15) is 18.9 Å². The van der Waals surface area contributed by atoms with Crippen molar-refractivity contribution in [2.75, 3.05) is 14.2 Å². The van der Waals surface area contributed by atoms with Crippen molar-refractivity contribution in [3.05, 3.63) is 29.8 Å². The molecule has 2 aliphatic rings. The van der Waals surface area contributed by atoms with Crippen molar-refractivity contribution in [3.8, 4) is 5.75 Å². The molecular weight excluding hydrogens is 356 g/mol. The summed E-state index contributed by atoms with van der Waals surface area (Å²) in [4.78, 5) is 4.33. The summed E-state index contributed by atoms with van der Waals surface area (Å²) in [5, 5.41) is 35.5. The highest BCUT2D eigenvalue weighted by molar-refractivity contribution is 8.14. The van der Waals surface area contributed by atoms with Crippen LogP contribution in [0.5, 0.6) is 5.75 Å². The molecule has 6 atom stereocenters. The zero-order chi connectivity index (χ0) is 18.9. The van der Waals surface area contributed by atoms with E-state index >= 15 is 0 Å². The van der Waals surface area contributed by atoms with Gasteiger partial charge in [-0.1, -0.05) is 23.9 Å². The van der Waals surface area contributed by atoms with Gasteiger partial charge in [-0.2, -0.15) is 0 Å². The first-order chi connectivity index (χ1) is 12.4. The molecule has 0 aliphatic carbocycles. The number of nitrogens with zero attached hydrogens (tertiary/aromatic N) is 1. The summed E-state index contributed by atoms with van der Waals surface area (Å²) in [7, 11) is 3.36. The van der Waals surface area contributed by atoms with Gasteiger partial charge < -0.3 is 30.1 Å². The van der Waals surface area contributed by atoms with Crippen LogP contribution in [0, 0.1) is 0 Å². The molecule has 144 valence electrons. The summed E-state index contributed by atoms with van der Waals surface area (Å²) in [6.07, 6.45) is -2.18. The van der Waals surface area contributed by atoms with Crippen molar-refractivity contribution >= 4 is 16.9 Å². The van der Waals surface area contributed by atoms with Crippen molar-refractivity contribution in [3.63, 3.8) is 0 Å². The molecule has 4 N–H and O–H groups in total. The van der Waals surface area contributed by atoms with Crippen LogP contribution >= 0.6 is 11.8 Å². The third kappa shape index (κ3) is 3.84. The van der Waals surface area contributed by atoms with Crippen LogP contribution in [0.3, 0.4) is 0 Å². The van der Waals surface area contributed by atoms with E-state index in [1.807, 2.05) is 24.3 Å². The number of hydrogen-bond donors (Lipinski definition) is 4. The minimum Gasteiger partial charge on any atom is -0.497 e. The topological polar surface area (TPSA) is 104 Å². The maximum Gasteiger partial charge on any atom is 0.159 e. The van der Waals surface area contributed by atoms with Gasteiger partial charge in [0.2, 0.25) is 0 Å². The minimum atomic E-state index is -1.30. The Morgan fingerprint density at radius 2 is 1.96 bits per heavy atom. The highest BCUT2D eigenvalue weighted by atomic mass is 32.2. The van der Waals surface area contributed by atoms with Crippen LogP contribution < -0.4 is 10.1 Å². The first kappa shape index (κ1) is 19.4. The van der Waals surface area contributed by atoms with Crippen LogP contribution in [0.15, 0.2) is 29.3 Å². The maximum atomic E-state index is 10.9. The lowest BCUT2D eigenvalue weighted by Crippen LogP contribution is -2.62. The Balaban J connectivity index is 1.66. The number of fused-ring (bicyclic) bond motifs is 1. The van der Waals surface area contributed by atoms with Gasteiger partial charge in [0.25, 0.3) is 0 Å². The molecule has 26 heavy (non-hydrogen) atoms. The molecular formula is C18H26N2O5S. The Hall–Kier alpha value is -1.32. The van der Waals surface area contributed by atoms with Gasteiger partial charge in [-0.3, -0.25) is 4.99 Å². The summed E-state index contributed by atoms with van der Waals surface area (Å²) in [5.41, 5.74) is -0.673. The standard InChI is InChI=1S/C18H26N2O5S/c1-18(23,9-8-10-4-6-11(24-3)7-5-10)15-14(22)13(21)12-16(25-15)26-17(19-2)20-12/h4-7,12-16,21-23H,8-9H2,1-3H3,(H,19,20)/t12-,13-,14+,15+,16-,18?/m1/s1. The number of hydrogen-bond acceptors (Lipinski definition) is 8. The third-order valence-corrected chi connectivity index (χ3v) is 6.12. The molecule has 0 radical (unpaired) electrons. The van der Waals surface area contributed by atoms with Crippen molar-refractivity contribution in [1.82, 2.24) is 5.32 Å². The van der Waals surface area contributed by atoms with E-state index in [1.54, 1.807) is 21.1 Å². The van der Waals surface area contributed by atoms with Crippen LogP contribution in [0.25, 0.3) is 0 Å². The van der Waals surface area contributed by atoms with Gasteiger partial charge >= 0.3 is 0 Å². The Bertz CT molecular complexity index is 651. The maximum absolute atomic E-state index is 10.9. The van der Waals surface area contributed by atoms with Gasteiger partial charge in [-0.15, -0.1) is 0 Å². The van der Waals surface area contributed by atoms with E-state index in [4.69, 9.17) is 9.47 Å². The molecule has 3 rings (SSSR count). The van der Waals surface area contributed by atoms with Gasteiger partial charge in [0.15, 0.2) is 5.17 Å². The SMILES string of the molecule is CNC1=N[C@@H]2[C@@H](O)[C@H](O)[C@@H](C(C)(O)CCc3ccc(OC)cc3)O[C@@H]2S1. The van der Waals surface area contributed by atoms with Gasteiger partial charge in [0.1, 0.15) is 35.5 Å². The third-order valence-electron chi connectivity index (χ3n) is 4.97. The molecule has 8 heteroatoms. The fourth-order valence-corrected chi connectivity index (χ4v) is 4.38. The molecule has 0 spiro atoms. The average Bonchev–Trinajstić information content (AvgIpc) is 3.07. The van der Waals surface area contributed by atoms with E-state index in [1.165, 1.54) is 11.8 Å². The Morgan fingerprint density at radius 1 is 1.27 bits per heavy atom. The molecule has 0 amide bonds. The van der Waals surface area contributed by atoms with Crippen LogP contribution in [-0.2, 0) is 11.2 Å². The monoisotopic (exact) mass is 382 g/mol. The molecule has 0 aromatic heterocycles. The van der Waals surface area contributed by atoms with E-state index in [2.05, 4.69) is 10.3 Å². The Morgan fingerprint density at radius 3 is 2.58 bits per heavy atom. The lowest BCUT2D eigenvalue weighted by molar-refractivity contribution is -0.214. The van der Waals surface area contributed by atoms with Crippen molar-refractivity contribution in [1.29, 1.82) is 0 Å². The summed E-state index contributed by atoms with van der Waals surface area (Å²) < 4.78 is 11.1. The first-order valence-electron chi connectivity index (χ1n) is 8.65. The van der Waals surface area contributed by atoms with Crippen molar-refractivity contribution in [2.45, 2.75) is 55.2 Å². The van der Waals surface area contributed by atoms with Crippen LogP contribution in [0.2, 0.25) is 0 Å².